The average molecular weight is 338 g/mol. The number of hydrogen-bond acceptors (Lipinski definition) is 7. The van der Waals surface area contributed by atoms with Gasteiger partial charge in [0.05, 0.1) is 27.3 Å². The highest BCUT2D eigenvalue weighted by molar-refractivity contribution is 7.13. The molecule has 0 amide bonds. The second-order valence-corrected chi connectivity index (χ2v) is 6.33. The third-order valence-electron chi connectivity index (χ3n) is 3.87. The molecule has 120 valence electrons. The lowest BCUT2D eigenvalue weighted by Gasteiger charge is -2.15. The first-order valence-corrected chi connectivity index (χ1v) is 8.22. The van der Waals surface area contributed by atoms with Crippen molar-refractivity contribution in [1.82, 2.24) is 24.3 Å². The summed E-state index contributed by atoms with van der Waals surface area (Å²) in [7, 11) is 0. The Bertz CT molecular complexity index is 1100. The summed E-state index contributed by atoms with van der Waals surface area (Å²) in [6.07, 6.45) is 3.20. The second-order valence-electron chi connectivity index (χ2n) is 5.52. The molecule has 0 radical (unpaired) electrons. The van der Waals surface area contributed by atoms with Gasteiger partial charge >= 0.3 is 0 Å². The van der Waals surface area contributed by atoms with Gasteiger partial charge in [-0.3, -0.25) is 9.78 Å². The predicted octanol–water partition coefficient (Wildman–Crippen LogP) is 2.80. The van der Waals surface area contributed by atoms with Crippen LogP contribution in [0.25, 0.3) is 21.1 Å². The standard InChI is InChI=1S/C16H14N6OS/c1-8(11-6-12-13(16(23)21-11)9(2)22-24-12)20-15-14-10(18-7-19-15)4-3-5-17-14/h3-8H,1-2H3,(H,21,23)(H,18,19,20). The van der Waals surface area contributed by atoms with E-state index in [-0.39, 0.29) is 11.6 Å². The zero-order valence-corrected chi connectivity index (χ0v) is 13.9. The Morgan fingerprint density at radius 3 is 3.04 bits per heavy atom. The number of H-pyrrole nitrogens is 1. The molecule has 8 heteroatoms. The third-order valence-corrected chi connectivity index (χ3v) is 4.76. The molecule has 2 N–H and O–H groups in total. The summed E-state index contributed by atoms with van der Waals surface area (Å²) < 4.78 is 5.13. The van der Waals surface area contributed by atoms with Crippen molar-refractivity contribution in [3.63, 3.8) is 0 Å². The molecule has 4 heterocycles. The SMILES string of the molecule is Cc1nsc2cc(C(C)Nc3ncnc4cccnc34)[nH]c(=O)c12. The van der Waals surface area contributed by atoms with Crippen molar-refractivity contribution in [3.05, 3.63) is 52.5 Å². The smallest absolute Gasteiger partial charge is 0.258 e. The van der Waals surface area contributed by atoms with Gasteiger partial charge in [-0.25, -0.2) is 9.97 Å². The summed E-state index contributed by atoms with van der Waals surface area (Å²) in [5.74, 6) is 0.634. The van der Waals surface area contributed by atoms with E-state index in [1.165, 1.54) is 17.9 Å². The molecular formula is C16H14N6OS. The van der Waals surface area contributed by atoms with Gasteiger partial charge in [-0.15, -0.1) is 0 Å². The minimum Gasteiger partial charge on any atom is -0.360 e. The van der Waals surface area contributed by atoms with E-state index in [4.69, 9.17) is 0 Å². The molecule has 0 saturated heterocycles. The number of hydrogen-bond donors (Lipinski definition) is 2. The molecule has 4 rings (SSSR count). The number of fused-ring (bicyclic) bond motifs is 2. The molecule has 0 aromatic carbocycles. The first kappa shape index (κ1) is 14.7. The zero-order chi connectivity index (χ0) is 16.7. The van der Waals surface area contributed by atoms with E-state index < -0.39 is 0 Å². The van der Waals surface area contributed by atoms with Gasteiger partial charge in [0.2, 0.25) is 0 Å². The molecule has 24 heavy (non-hydrogen) atoms. The number of aryl methyl sites for hydroxylation is 1. The molecule has 1 atom stereocenters. The van der Waals surface area contributed by atoms with Crippen LogP contribution in [0.15, 0.2) is 35.5 Å². The number of pyridine rings is 2. The Labute approximate surface area is 141 Å². The van der Waals surface area contributed by atoms with Crippen LogP contribution in [0, 0.1) is 6.92 Å². The van der Waals surface area contributed by atoms with Gasteiger partial charge in [-0.05, 0) is 43.6 Å². The molecular weight excluding hydrogens is 324 g/mol. The van der Waals surface area contributed by atoms with E-state index in [0.29, 0.717) is 16.7 Å². The Kier molecular flexibility index (Phi) is 3.46. The normalized spacial score (nSPS) is 12.6. The van der Waals surface area contributed by atoms with E-state index in [1.54, 1.807) is 6.20 Å². The van der Waals surface area contributed by atoms with Crippen LogP contribution < -0.4 is 10.9 Å². The monoisotopic (exact) mass is 338 g/mol. The van der Waals surface area contributed by atoms with Crippen LogP contribution in [0.3, 0.4) is 0 Å². The average Bonchev–Trinajstić information content (AvgIpc) is 2.97. The van der Waals surface area contributed by atoms with Crippen molar-refractivity contribution < 1.29 is 0 Å². The summed E-state index contributed by atoms with van der Waals surface area (Å²) in [6.45, 7) is 3.80. The lowest BCUT2D eigenvalue weighted by molar-refractivity contribution is 0.830. The summed E-state index contributed by atoms with van der Waals surface area (Å²) in [4.78, 5) is 28.0. The van der Waals surface area contributed by atoms with Gasteiger partial charge < -0.3 is 10.3 Å². The number of aromatic nitrogens is 5. The van der Waals surface area contributed by atoms with Crippen LogP contribution in [0.4, 0.5) is 5.82 Å². The maximum absolute atomic E-state index is 12.3. The molecule has 0 aliphatic heterocycles. The topological polar surface area (TPSA) is 96.4 Å². The van der Waals surface area contributed by atoms with E-state index in [9.17, 15) is 4.79 Å². The lowest BCUT2D eigenvalue weighted by atomic mass is 10.2. The van der Waals surface area contributed by atoms with E-state index in [2.05, 4.69) is 29.6 Å². The van der Waals surface area contributed by atoms with Crippen LogP contribution in [-0.2, 0) is 0 Å². The van der Waals surface area contributed by atoms with Crippen LogP contribution in [0.1, 0.15) is 24.4 Å². The molecule has 1 unspecified atom stereocenters. The van der Waals surface area contributed by atoms with Gasteiger partial charge in [-0.1, -0.05) is 0 Å². The first-order valence-electron chi connectivity index (χ1n) is 7.45. The van der Waals surface area contributed by atoms with Gasteiger partial charge in [-0.2, -0.15) is 4.37 Å². The molecule has 0 aliphatic rings. The molecule has 4 aromatic rings. The highest BCUT2D eigenvalue weighted by Crippen LogP contribution is 2.24. The van der Waals surface area contributed by atoms with Gasteiger partial charge in [0.25, 0.3) is 5.56 Å². The largest absolute Gasteiger partial charge is 0.360 e. The summed E-state index contributed by atoms with van der Waals surface area (Å²) in [5, 5.41) is 3.96. The zero-order valence-electron chi connectivity index (χ0n) is 13.1. The Hall–Kier alpha value is -2.87. The van der Waals surface area contributed by atoms with Crippen LogP contribution in [0.5, 0.6) is 0 Å². The second kappa shape index (κ2) is 5.64. The first-order chi connectivity index (χ1) is 11.6. The molecule has 4 aromatic heterocycles. The Morgan fingerprint density at radius 2 is 2.17 bits per heavy atom. The van der Waals surface area contributed by atoms with E-state index >= 15 is 0 Å². The van der Waals surface area contributed by atoms with Gasteiger partial charge in [0.15, 0.2) is 5.82 Å². The number of anilines is 1. The Balaban J connectivity index is 1.73. The molecule has 0 bridgehead atoms. The highest BCUT2D eigenvalue weighted by atomic mass is 32.1. The number of nitrogens with zero attached hydrogens (tertiary/aromatic N) is 4. The van der Waals surface area contributed by atoms with Crippen molar-refractivity contribution in [2.45, 2.75) is 19.9 Å². The molecule has 7 nitrogen and oxygen atoms in total. The van der Waals surface area contributed by atoms with E-state index in [0.717, 1.165) is 21.6 Å². The fourth-order valence-corrected chi connectivity index (χ4v) is 3.49. The molecule has 0 aliphatic carbocycles. The summed E-state index contributed by atoms with van der Waals surface area (Å²) in [6, 6.07) is 5.52. The van der Waals surface area contributed by atoms with Crippen molar-refractivity contribution >= 4 is 38.5 Å². The molecule has 0 spiro atoms. The highest BCUT2D eigenvalue weighted by Gasteiger charge is 2.14. The predicted molar refractivity (Wildman–Crippen MR) is 94.3 cm³/mol. The third kappa shape index (κ3) is 2.41. The molecule has 0 fully saturated rings. The van der Waals surface area contributed by atoms with Crippen molar-refractivity contribution in [1.29, 1.82) is 0 Å². The summed E-state index contributed by atoms with van der Waals surface area (Å²) >= 11 is 1.33. The van der Waals surface area contributed by atoms with Crippen molar-refractivity contribution in [3.8, 4) is 0 Å². The maximum atomic E-state index is 12.3. The van der Waals surface area contributed by atoms with Crippen LogP contribution in [-0.4, -0.2) is 24.3 Å². The van der Waals surface area contributed by atoms with Crippen molar-refractivity contribution in [2.24, 2.45) is 0 Å². The minimum atomic E-state index is -0.149. The lowest BCUT2D eigenvalue weighted by Crippen LogP contribution is -2.16. The van der Waals surface area contributed by atoms with Crippen molar-refractivity contribution in [2.75, 3.05) is 5.32 Å². The maximum Gasteiger partial charge on any atom is 0.258 e. The Morgan fingerprint density at radius 1 is 1.29 bits per heavy atom. The van der Waals surface area contributed by atoms with Crippen LogP contribution >= 0.6 is 11.5 Å². The summed E-state index contributed by atoms with van der Waals surface area (Å²) in [5.41, 5.74) is 2.88. The van der Waals surface area contributed by atoms with Crippen LogP contribution in [0.2, 0.25) is 0 Å². The van der Waals surface area contributed by atoms with Gasteiger partial charge in [0, 0.05) is 11.9 Å². The molecule has 0 saturated carbocycles. The minimum absolute atomic E-state index is 0.118. The van der Waals surface area contributed by atoms with Gasteiger partial charge in [0.1, 0.15) is 11.8 Å². The van der Waals surface area contributed by atoms with E-state index in [1.807, 2.05) is 32.0 Å². The number of aromatic amines is 1. The quantitative estimate of drug-likeness (QED) is 0.596. The number of nitrogens with one attached hydrogen (secondary N) is 2. The fraction of sp³-hybridized carbons (Fsp3) is 0.188. The number of rotatable bonds is 3. The fourth-order valence-electron chi connectivity index (χ4n) is 2.65.